The molecule has 22 nitrogen and oxygen atoms in total. The number of hydrogen-bond acceptors (Lipinski definition) is 21. The third kappa shape index (κ3) is 12.8. The lowest BCUT2D eigenvalue weighted by Crippen LogP contribution is -2.47. The van der Waals surface area contributed by atoms with Gasteiger partial charge < -0.3 is 45.0 Å². The molecule has 23 heteroatoms. The fraction of sp³-hybridized carbons (Fsp3) is 0.386. The highest BCUT2D eigenvalue weighted by Crippen LogP contribution is 2.29. The Morgan fingerprint density at radius 3 is 1.93 bits per heavy atom. The normalized spacial score (nSPS) is 18.2. The predicted molar refractivity (Wildman–Crippen MR) is 305 cm³/mol. The highest BCUT2D eigenvalue weighted by Gasteiger charge is 2.26. The highest BCUT2D eigenvalue weighted by molar-refractivity contribution is 5.63. The van der Waals surface area contributed by atoms with E-state index < -0.39 is 5.82 Å². The number of anilines is 9. The molecular weight excluding hydrogens is 1020 g/mol. The number of nitrogens with zero attached hydrogens (tertiary/aromatic N) is 18. The van der Waals surface area contributed by atoms with E-state index >= 15 is 4.39 Å². The van der Waals surface area contributed by atoms with Crippen LogP contribution in [0.3, 0.4) is 0 Å². The number of aromatic nitrogens is 12. The van der Waals surface area contributed by atoms with Crippen molar-refractivity contribution in [2.24, 2.45) is 0 Å². The SMILES string of the molecule is CCN1CCO[C@H](Cn2cc(Nc3nc(-c4cc(Cc5cnc(N6CCN(c7ncnc(Nc8ccc(N9CCC[C@H](O)C9)cc8)n7)CC6)nc5)ccc4F)nc(N4CCN(c5ncc(Cc6ccccc6)cn5)CC4)n3)cn2)C1. The minimum absolute atomic E-state index is 0.0241. The van der Waals surface area contributed by atoms with E-state index in [0.29, 0.717) is 114 Å². The number of ether oxygens (including phenoxy) is 1. The molecule has 4 fully saturated rings. The van der Waals surface area contributed by atoms with Gasteiger partial charge in [-0.1, -0.05) is 43.3 Å². The number of likely N-dealkylation sites (N-methyl/N-ethyl adjacent to an activating group) is 1. The van der Waals surface area contributed by atoms with Gasteiger partial charge in [0.1, 0.15) is 12.1 Å². The molecule has 3 aromatic carbocycles. The van der Waals surface area contributed by atoms with Crippen molar-refractivity contribution in [1.82, 2.24) is 64.5 Å². The standard InChI is InChI=1S/C57H65FN20O2/c1-2-72-25-26-80-48(37-72)38-78-35-45(34-65-78)67-53-68-51(69-57(71-53)76-23-19-74(20-24-76)54-59-30-42(31-60-54)27-40-7-4-3-5-8-40)49-29-41(10-15-50(49)58)28-43-32-61-55(62-33-43)73-17-21-75(22-18-73)56-64-39-63-52(70-56)66-44-11-13-46(14-12-44)77-16-6-9-47(79)36-77/h3-5,7-8,10-15,29-35,39,47-48,79H,2,6,9,16-28,36-38H2,1H3,(H,63,64,66,70)(H,67,68,69,71)/t47-,48-/m0/s1. The molecule has 0 radical (unpaired) electrons. The largest absolute Gasteiger partial charge is 0.391 e. The molecule has 0 bridgehead atoms. The van der Waals surface area contributed by atoms with E-state index in [0.717, 1.165) is 73.5 Å². The number of β-amino-alcohol motifs (C(OH)–C–C–N with tert-alkyl or cyclic N) is 1. The number of benzene rings is 3. The molecule has 4 aliphatic heterocycles. The molecule has 0 spiro atoms. The summed E-state index contributed by atoms with van der Waals surface area (Å²) in [6.45, 7) is 12.9. The minimum atomic E-state index is -0.452. The minimum Gasteiger partial charge on any atom is -0.391 e. The zero-order valence-corrected chi connectivity index (χ0v) is 44.8. The van der Waals surface area contributed by atoms with Crippen LogP contribution in [0.5, 0.6) is 0 Å². The molecule has 412 valence electrons. The van der Waals surface area contributed by atoms with Crippen molar-refractivity contribution in [2.45, 2.75) is 51.4 Å². The molecule has 4 aliphatic rings. The van der Waals surface area contributed by atoms with Gasteiger partial charge in [-0.3, -0.25) is 9.58 Å². The molecule has 80 heavy (non-hydrogen) atoms. The maximum absolute atomic E-state index is 16.1. The topological polar surface area (TPSA) is 220 Å². The van der Waals surface area contributed by atoms with Crippen LogP contribution < -0.4 is 35.1 Å². The third-order valence-corrected chi connectivity index (χ3v) is 15.0. The van der Waals surface area contributed by atoms with Gasteiger partial charge in [-0.05, 0) is 78.0 Å². The Morgan fingerprint density at radius 1 is 0.588 bits per heavy atom. The predicted octanol–water partition coefficient (Wildman–Crippen LogP) is 5.64. The van der Waals surface area contributed by atoms with E-state index in [2.05, 4.69) is 86.3 Å². The Morgan fingerprint density at radius 2 is 1.24 bits per heavy atom. The van der Waals surface area contributed by atoms with E-state index in [1.807, 2.05) is 66.0 Å². The van der Waals surface area contributed by atoms with Crippen LogP contribution in [0.2, 0.25) is 0 Å². The summed E-state index contributed by atoms with van der Waals surface area (Å²) in [6, 6.07) is 23.4. The first-order valence-electron chi connectivity index (χ1n) is 27.6. The van der Waals surface area contributed by atoms with E-state index in [4.69, 9.17) is 44.6 Å². The molecule has 9 heterocycles. The monoisotopic (exact) mass is 1080 g/mol. The van der Waals surface area contributed by atoms with Gasteiger partial charge in [0.25, 0.3) is 0 Å². The molecule has 0 unspecified atom stereocenters. The first kappa shape index (κ1) is 52.2. The van der Waals surface area contributed by atoms with Gasteiger partial charge in [-0.15, -0.1) is 0 Å². The molecule has 5 aromatic heterocycles. The Balaban J connectivity index is 0.700. The molecule has 4 saturated heterocycles. The first-order chi connectivity index (χ1) is 39.3. The summed E-state index contributed by atoms with van der Waals surface area (Å²) in [5.41, 5.74) is 6.87. The maximum Gasteiger partial charge on any atom is 0.232 e. The number of hydrogen-bond donors (Lipinski definition) is 3. The molecule has 3 N–H and O–H groups in total. The van der Waals surface area contributed by atoms with Crippen molar-refractivity contribution >= 4 is 52.8 Å². The lowest BCUT2D eigenvalue weighted by Gasteiger charge is -2.34. The summed E-state index contributed by atoms with van der Waals surface area (Å²) in [5, 5.41) is 21.4. The zero-order valence-electron chi connectivity index (χ0n) is 44.8. The number of piperidine rings is 1. The number of morpholine rings is 1. The van der Waals surface area contributed by atoms with E-state index in [9.17, 15) is 5.11 Å². The average molecular weight is 1080 g/mol. The van der Waals surface area contributed by atoms with Gasteiger partial charge >= 0.3 is 0 Å². The Bertz CT molecular complexity index is 3300. The molecule has 2 atom stereocenters. The molecule has 8 aromatic rings. The average Bonchev–Trinajstić information content (AvgIpc) is 3.95. The molecule has 12 rings (SSSR count). The molecule has 0 saturated carbocycles. The van der Waals surface area contributed by atoms with Crippen LogP contribution in [-0.4, -0.2) is 174 Å². The Kier molecular flexibility index (Phi) is 15.8. The smallest absolute Gasteiger partial charge is 0.232 e. The quantitative estimate of drug-likeness (QED) is 0.100. The highest BCUT2D eigenvalue weighted by atomic mass is 19.1. The van der Waals surface area contributed by atoms with E-state index in [-0.39, 0.29) is 29.5 Å². The fourth-order valence-corrected chi connectivity index (χ4v) is 10.6. The van der Waals surface area contributed by atoms with Crippen LogP contribution in [0.4, 0.5) is 57.1 Å². The van der Waals surface area contributed by atoms with Gasteiger partial charge in [0.15, 0.2) is 5.82 Å². The second-order valence-corrected chi connectivity index (χ2v) is 20.7. The number of halogens is 1. The van der Waals surface area contributed by atoms with Crippen molar-refractivity contribution < 1.29 is 14.2 Å². The number of rotatable bonds is 17. The summed E-state index contributed by atoms with van der Waals surface area (Å²) < 4.78 is 24.1. The second kappa shape index (κ2) is 24.2. The van der Waals surface area contributed by atoms with Crippen LogP contribution >= 0.6 is 0 Å². The van der Waals surface area contributed by atoms with Crippen molar-refractivity contribution in [3.63, 3.8) is 0 Å². The van der Waals surface area contributed by atoms with Crippen LogP contribution in [-0.2, 0) is 24.1 Å². The van der Waals surface area contributed by atoms with Crippen molar-refractivity contribution in [3.8, 4) is 11.4 Å². The Hall–Kier alpha value is -8.54. The molecule has 0 amide bonds. The fourth-order valence-electron chi connectivity index (χ4n) is 10.6. The zero-order chi connectivity index (χ0) is 54.2. The van der Waals surface area contributed by atoms with E-state index in [1.54, 1.807) is 18.3 Å². The van der Waals surface area contributed by atoms with Crippen LogP contribution in [0.1, 0.15) is 42.0 Å². The van der Waals surface area contributed by atoms with Crippen LogP contribution in [0.25, 0.3) is 11.4 Å². The summed E-state index contributed by atoms with van der Waals surface area (Å²) in [5.74, 6) is 2.82. The van der Waals surface area contributed by atoms with Crippen molar-refractivity contribution in [1.29, 1.82) is 0 Å². The van der Waals surface area contributed by atoms with Crippen molar-refractivity contribution in [3.05, 3.63) is 144 Å². The van der Waals surface area contributed by atoms with E-state index in [1.165, 1.54) is 18.0 Å². The number of piperazine rings is 2. The lowest BCUT2D eigenvalue weighted by molar-refractivity contribution is -0.0357. The van der Waals surface area contributed by atoms with Gasteiger partial charge in [-0.25, -0.2) is 34.3 Å². The summed E-state index contributed by atoms with van der Waals surface area (Å²) in [4.78, 5) is 60.4. The number of nitrogens with one attached hydrogen (secondary N) is 2. The van der Waals surface area contributed by atoms with Gasteiger partial charge in [0, 0.05) is 134 Å². The lowest BCUT2D eigenvalue weighted by atomic mass is 10.0. The van der Waals surface area contributed by atoms with Gasteiger partial charge in [0.05, 0.1) is 42.8 Å². The summed E-state index contributed by atoms with van der Waals surface area (Å²) >= 11 is 0. The number of aliphatic hydroxyl groups excluding tert-OH is 1. The maximum atomic E-state index is 16.1. The first-order valence-corrected chi connectivity index (χ1v) is 27.6. The van der Waals surface area contributed by atoms with Crippen molar-refractivity contribution in [2.75, 3.05) is 127 Å². The van der Waals surface area contributed by atoms with Gasteiger partial charge in [0.2, 0.25) is 35.7 Å². The second-order valence-electron chi connectivity index (χ2n) is 20.7. The molecule has 0 aliphatic carbocycles. The molecular formula is C57H65FN20O2. The number of aliphatic hydroxyl groups is 1. The van der Waals surface area contributed by atoms with Gasteiger partial charge in [-0.2, -0.15) is 25.0 Å². The Labute approximate surface area is 463 Å². The van der Waals surface area contributed by atoms with Crippen LogP contribution in [0.15, 0.2) is 116 Å². The summed E-state index contributed by atoms with van der Waals surface area (Å²) in [6.07, 6.45) is 15.4. The van der Waals surface area contributed by atoms with Crippen LogP contribution in [0, 0.1) is 5.82 Å². The summed E-state index contributed by atoms with van der Waals surface area (Å²) in [7, 11) is 0. The third-order valence-electron chi connectivity index (χ3n) is 15.0.